The average molecular weight is 394 g/mol. The van der Waals surface area contributed by atoms with Gasteiger partial charge in [-0.05, 0) is 53.2 Å². The largest absolute Gasteiger partial charge is 0.508 e. The number of hydrogen-bond donors (Lipinski definition) is 2. The first-order valence-electron chi connectivity index (χ1n) is 7.87. The van der Waals surface area contributed by atoms with Crippen LogP contribution < -0.4 is 5.32 Å². The van der Waals surface area contributed by atoms with Gasteiger partial charge in [0.05, 0.1) is 6.20 Å². The summed E-state index contributed by atoms with van der Waals surface area (Å²) in [5.41, 5.74) is 3.77. The molecule has 2 N–H and O–H groups in total. The number of phenolic OH excluding ortho intramolecular Hbond substituents is 1. The van der Waals surface area contributed by atoms with Crippen LogP contribution in [0.1, 0.15) is 0 Å². The first-order chi connectivity index (χ1) is 12.1. The summed E-state index contributed by atoms with van der Waals surface area (Å²) in [6, 6.07) is 17.8. The van der Waals surface area contributed by atoms with Gasteiger partial charge in [-0.25, -0.2) is 0 Å². The molecule has 0 atom stereocenters. The molecule has 0 aliphatic carbocycles. The summed E-state index contributed by atoms with van der Waals surface area (Å²) in [5.74, 6) is 0.229. The fourth-order valence-electron chi connectivity index (χ4n) is 2.89. The van der Waals surface area contributed by atoms with Gasteiger partial charge in [-0.3, -0.25) is 4.68 Å². The van der Waals surface area contributed by atoms with Crippen molar-refractivity contribution in [2.24, 2.45) is 7.05 Å². The lowest BCUT2D eigenvalue weighted by atomic mass is 10.1. The third-order valence-corrected chi connectivity index (χ3v) is 4.59. The topological polar surface area (TPSA) is 50.1 Å². The zero-order valence-electron chi connectivity index (χ0n) is 13.6. The van der Waals surface area contributed by atoms with Crippen molar-refractivity contribution in [2.75, 3.05) is 5.32 Å². The molecule has 4 aromatic rings. The molecule has 0 fully saturated rings. The average Bonchev–Trinajstić information content (AvgIpc) is 3.03. The Morgan fingerprint density at radius 2 is 1.80 bits per heavy atom. The molecule has 0 amide bonds. The lowest BCUT2D eigenvalue weighted by molar-refractivity contribution is 0.475. The minimum Gasteiger partial charge on any atom is -0.508 e. The molecule has 3 aromatic carbocycles. The number of nitrogens with one attached hydrogen (secondary N) is 1. The van der Waals surface area contributed by atoms with Crippen LogP contribution in [0.4, 0.5) is 11.4 Å². The zero-order valence-corrected chi connectivity index (χ0v) is 15.2. The van der Waals surface area contributed by atoms with Crippen molar-refractivity contribution < 1.29 is 5.11 Å². The molecule has 0 saturated carbocycles. The predicted molar refractivity (Wildman–Crippen MR) is 105 cm³/mol. The molecule has 0 bridgehead atoms. The van der Waals surface area contributed by atoms with Crippen LogP contribution in [0.25, 0.3) is 21.9 Å². The molecule has 0 unspecified atom stereocenters. The number of fused-ring (bicyclic) bond motifs is 1. The van der Waals surface area contributed by atoms with Gasteiger partial charge in [-0.2, -0.15) is 5.10 Å². The van der Waals surface area contributed by atoms with E-state index >= 15 is 0 Å². The Balaban J connectivity index is 1.74. The molecule has 4 nitrogen and oxygen atoms in total. The molecule has 0 saturated heterocycles. The second-order valence-electron chi connectivity index (χ2n) is 5.96. The van der Waals surface area contributed by atoms with Crippen LogP contribution in [-0.2, 0) is 7.05 Å². The maximum atomic E-state index is 9.88. The Labute approximate surface area is 153 Å². The highest BCUT2D eigenvalue weighted by atomic mass is 79.9. The van der Waals surface area contributed by atoms with Crippen molar-refractivity contribution in [2.45, 2.75) is 0 Å². The number of aryl methyl sites for hydroxylation is 1. The van der Waals surface area contributed by atoms with Gasteiger partial charge in [0.1, 0.15) is 5.75 Å². The Morgan fingerprint density at radius 3 is 2.60 bits per heavy atom. The molecule has 0 radical (unpaired) electrons. The summed E-state index contributed by atoms with van der Waals surface area (Å²) in [7, 11) is 1.88. The monoisotopic (exact) mass is 393 g/mol. The minimum atomic E-state index is 0.229. The fourth-order valence-corrected chi connectivity index (χ4v) is 3.27. The molecule has 0 aliphatic heterocycles. The number of aromatic hydroxyl groups is 1. The molecule has 1 aromatic heterocycles. The van der Waals surface area contributed by atoms with Gasteiger partial charge >= 0.3 is 0 Å². The van der Waals surface area contributed by atoms with Crippen molar-refractivity contribution >= 4 is 38.1 Å². The molecule has 0 spiro atoms. The normalized spacial score (nSPS) is 11.0. The molecule has 5 heteroatoms. The van der Waals surface area contributed by atoms with Crippen molar-refractivity contribution in [3.8, 4) is 16.9 Å². The first-order valence-corrected chi connectivity index (χ1v) is 8.66. The number of anilines is 2. The van der Waals surface area contributed by atoms with Crippen LogP contribution in [0.15, 0.2) is 71.5 Å². The number of aromatic nitrogens is 2. The third kappa shape index (κ3) is 3.23. The summed E-state index contributed by atoms with van der Waals surface area (Å²) < 4.78 is 2.81. The molecule has 25 heavy (non-hydrogen) atoms. The maximum absolute atomic E-state index is 9.88. The van der Waals surface area contributed by atoms with E-state index in [2.05, 4.69) is 56.7 Å². The number of halogens is 1. The van der Waals surface area contributed by atoms with Crippen LogP contribution in [-0.4, -0.2) is 14.9 Å². The van der Waals surface area contributed by atoms with Gasteiger partial charge < -0.3 is 10.4 Å². The highest BCUT2D eigenvalue weighted by Gasteiger charge is 2.09. The molecular weight excluding hydrogens is 378 g/mol. The van der Waals surface area contributed by atoms with E-state index in [0.29, 0.717) is 0 Å². The Bertz CT molecular complexity index is 1070. The summed E-state index contributed by atoms with van der Waals surface area (Å²) in [4.78, 5) is 0. The number of hydrogen-bond acceptors (Lipinski definition) is 3. The summed E-state index contributed by atoms with van der Waals surface area (Å²) >= 11 is 3.50. The van der Waals surface area contributed by atoms with E-state index in [0.717, 1.165) is 32.4 Å². The van der Waals surface area contributed by atoms with Crippen molar-refractivity contribution in [3.05, 3.63) is 71.5 Å². The molecule has 4 rings (SSSR count). The van der Waals surface area contributed by atoms with Crippen LogP contribution in [0.5, 0.6) is 5.75 Å². The van der Waals surface area contributed by atoms with Crippen molar-refractivity contribution in [1.29, 1.82) is 0 Å². The number of rotatable bonds is 3. The standard InChI is InChI=1S/C20H16BrN3O/c1-24-12-15(11-22-24)19-10-18(25)6-7-20(19)23-17-5-3-13-8-16(21)4-2-14(13)9-17/h2-12,23,25H,1H3. The highest BCUT2D eigenvalue weighted by Crippen LogP contribution is 2.34. The summed E-state index contributed by atoms with van der Waals surface area (Å²) in [6.45, 7) is 0. The van der Waals surface area contributed by atoms with E-state index in [1.54, 1.807) is 23.0 Å². The van der Waals surface area contributed by atoms with E-state index in [-0.39, 0.29) is 5.75 Å². The Morgan fingerprint density at radius 1 is 1.00 bits per heavy atom. The first kappa shape index (κ1) is 15.7. The van der Waals surface area contributed by atoms with Crippen molar-refractivity contribution in [1.82, 2.24) is 9.78 Å². The quantitative estimate of drug-likeness (QED) is 0.454. The summed E-state index contributed by atoms with van der Waals surface area (Å²) in [6.07, 6.45) is 3.72. The van der Waals surface area contributed by atoms with E-state index in [9.17, 15) is 5.11 Å². The third-order valence-electron chi connectivity index (χ3n) is 4.10. The van der Waals surface area contributed by atoms with Crippen LogP contribution in [0.2, 0.25) is 0 Å². The van der Waals surface area contributed by atoms with Gasteiger partial charge in [-0.1, -0.05) is 28.1 Å². The molecular formula is C20H16BrN3O. The van der Waals surface area contributed by atoms with Crippen LogP contribution >= 0.6 is 15.9 Å². The second kappa shape index (κ2) is 6.26. The van der Waals surface area contributed by atoms with Gasteiger partial charge in [0.25, 0.3) is 0 Å². The SMILES string of the molecule is Cn1cc(-c2cc(O)ccc2Nc2ccc3cc(Br)ccc3c2)cn1. The number of nitrogens with zero attached hydrogens (tertiary/aromatic N) is 2. The van der Waals surface area contributed by atoms with E-state index < -0.39 is 0 Å². The molecule has 124 valence electrons. The minimum absolute atomic E-state index is 0.229. The maximum Gasteiger partial charge on any atom is 0.116 e. The van der Waals surface area contributed by atoms with Gasteiger partial charge in [0, 0.05) is 40.2 Å². The Hall–Kier alpha value is -2.79. The number of benzene rings is 3. The van der Waals surface area contributed by atoms with E-state index in [4.69, 9.17) is 0 Å². The smallest absolute Gasteiger partial charge is 0.116 e. The zero-order chi connectivity index (χ0) is 17.4. The number of phenols is 1. The molecule has 0 aliphatic rings. The Kier molecular flexibility index (Phi) is 3.93. The van der Waals surface area contributed by atoms with Gasteiger partial charge in [0.2, 0.25) is 0 Å². The lowest BCUT2D eigenvalue weighted by Gasteiger charge is -2.12. The predicted octanol–water partition coefficient (Wildman–Crippen LogP) is 5.45. The summed E-state index contributed by atoms with van der Waals surface area (Å²) in [5, 5.41) is 19.9. The highest BCUT2D eigenvalue weighted by molar-refractivity contribution is 9.10. The van der Waals surface area contributed by atoms with E-state index in [1.807, 2.05) is 25.4 Å². The van der Waals surface area contributed by atoms with Gasteiger partial charge in [0.15, 0.2) is 0 Å². The van der Waals surface area contributed by atoms with Crippen LogP contribution in [0, 0.1) is 0 Å². The second-order valence-corrected chi connectivity index (χ2v) is 6.88. The molecule has 1 heterocycles. The van der Waals surface area contributed by atoms with Crippen molar-refractivity contribution in [3.63, 3.8) is 0 Å². The fraction of sp³-hybridized carbons (Fsp3) is 0.0500. The lowest BCUT2D eigenvalue weighted by Crippen LogP contribution is -1.93. The van der Waals surface area contributed by atoms with E-state index in [1.165, 1.54) is 5.39 Å². The van der Waals surface area contributed by atoms with Gasteiger partial charge in [-0.15, -0.1) is 0 Å². The van der Waals surface area contributed by atoms with Crippen LogP contribution in [0.3, 0.4) is 0 Å².